The number of nitrogens with zero attached hydrogens (tertiary/aromatic N) is 1. The van der Waals surface area contributed by atoms with Crippen LogP contribution >= 0.6 is 0 Å². The molecule has 2 N–H and O–H groups in total. The Morgan fingerprint density at radius 2 is 1.94 bits per heavy atom. The number of aromatic nitrogens is 1. The molecule has 0 aromatic carbocycles. The van der Waals surface area contributed by atoms with Gasteiger partial charge in [-0.25, -0.2) is 9.37 Å². The van der Waals surface area contributed by atoms with Crippen LogP contribution in [0.1, 0.15) is 54.1 Å². The lowest BCUT2D eigenvalue weighted by Gasteiger charge is -2.22. The number of hydrogen-bond donors (Lipinski definition) is 1. The van der Waals surface area contributed by atoms with Crippen molar-refractivity contribution in [2.45, 2.75) is 38.0 Å². The van der Waals surface area contributed by atoms with E-state index in [1.807, 2.05) is 0 Å². The summed E-state index contributed by atoms with van der Waals surface area (Å²) in [5.41, 5.74) is 5.50. The molecule has 1 aliphatic rings. The van der Waals surface area contributed by atoms with E-state index < -0.39 is 17.7 Å². The third-order valence-electron chi connectivity index (χ3n) is 3.22. The maximum Gasteiger partial charge on any atom is 0.250 e. The van der Waals surface area contributed by atoms with Crippen LogP contribution in [0.2, 0.25) is 0 Å². The molecule has 0 saturated heterocycles. The van der Waals surface area contributed by atoms with E-state index in [1.54, 1.807) is 0 Å². The lowest BCUT2D eigenvalue weighted by Crippen LogP contribution is -2.19. The monoisotopic (exact) mass is 240 g/mol. The Hall–Kier alpha value is -1.52. The van der Waals surface area contributed by atoms with Gasteiger partial charge in [0.1, 0.15) is 0 Å². The molecule has 92 valence electrons. The predicted octanol–water partition coefficient (Wildman–Crippen LogP) is 2.51. The van der Waals surface area contributed by atoms with Crippen molar-refractivity contribution in [2.24, 2.45) is 5.73 Å². The van der Waals surface area contributed by atoms with Gasteiger partial charge in [-0.3, -0.25) is 4.79 Å². The third-order valence-corrected chi connectivity index (χ3v) is 3.22. The van der Waals surface area contributed by atoms with Crippen LogP contribution in [0.25, 0.3) is 0 Å². The number of amides is 1. The molecule has 1 amide bonds. The summed E-state index contributed by atoms with van der Waals surface area (Å²) in [6, 6.07) is 0.856. The zero-order valence-corrected chi connectivity index (χ0v) is 9.38. The molecule has 2 rings (SSSR count). The van der Waals surface area contributed by atoms with E-state index in [2.05, 4.69) is 4.98 Å². The maximum atomic E-state index is 13.1. The number of carbonyl (C=O) groups is 1. The maximum absolute atomic E-state index is 13.1. The van der Waals surface area contributed by atoms with Gasteiger partial charge in [-0.2, -0.15) is 4.39 Å². The van der Waals surface area contributed by atoms with Gasteiger partial charge >= 0.3 is 0 Å². The van der Waals surface area contributed by atoms with Gasteiger partial charge in [0, 0.05) is 5.92 Å². The largest absolute Gasteiger partial charge is 0.366 e. The number of hydrogen-bond acceptors (Lipinski definition) is 2. The molecule has 1 aliphatic carbocycles. The highest BCUT2D eigenvalue weighted by molar-refractivity contribution is 5.94. The first-order valence-corrected chi connectivity index (χ1v) is 5.75. The van der Waals surface area contributed by atoms with Crippen molar-refractivity contribution in [1.82, 2.24) is 4.98 Å². The highest BCUT2D eigenvalue weighted by Gasteiger charge is 2.24. The van der Waals surface area contributed by atoms with Gasteiger partial charge < -0.3 is 5.73 Å². The van der Waals surface area contributed by atoms with Crippen LogP contribution in [-0.2, 0) is 0 Å². The molecular formula is C12H14F2N2O. The van der Waals surface area contributed by atoms with Crippen LogP contribution in [0.5, 0.6) is 0 Å². The normalized spacial score (nSPS) is 17.1. The van der Waals surface area contributed by atoms with Gasteiger partial charge in [0.25, 0.3) is 5.91 Å². The minimum Gasteiger partial charge on any atom is -0.366 e. The SMILES string of the molecule is NC(=O)c1cc(F)c(F)nc1C1CCCCC1. The van der Waals surface area contributed by atoms with Gasteiger partial charge in [-0.05, 0) is 18.9 Å². The molecule has 0 aliphatic heterocycles. The summed E-state index contributed by atoms with van der Waals surface area (Å²) >= 11 is 0. The number of nitrogens with two attached hydrogens (primary N) is 1. The van der Waals surface area contributed by atoms with Crippen LogP contribution in [0.15, 0.2) is 6.07 Å². The molecule has 1 fully saturated rings. The summed E-state index contributed by atoms with van der Waals surface area (Å²) < 4.78 is 26.2. The summed E-state index contributed by atoms with van der Waals surface area (Å²) in [7, 11) is 0. The number of pyridine rings is 1. The molecule has 0 bridgehead atoms. The molecule has 0 atom stereocenters. The number of primary amides is 1. The van der Waals surface area contributed by atoms with E-state index in [4.69, 9.17) is 5.73 Å². The zero-order chi connectivity index (χ0) is 12.4. The minimum atomic E-state index is -1.16. The molecule has 0 unspecified atom stereocenters. The Kier molecular flexibility index (Phi) is 3.36. The fourth-order valence-electron chi connectivity index (χ4n) is 2.36. The molecule has 0 radical (unpaired) electrons. The average molecular weight is 240 g/mol. The summed E-state index contributed by atoms with van der Waals surface area (Å²) in [4.78, 5) is 14.8. The van der Waals surface area contributed by atoms with Gasteiger partial charge in [0.2, 0.25) is 5.95 Å². The number of carbonyl (C=O) groups excluding carboxylic acids is 1. The van der Waals surface area contributed by atoms with Crippen molar-refractivity contribution in [1.29, 1.82) is 0 Å². The van der Waals surface area contributed by atoms with E-state index in [0.29, 0.717) is 5.69 Å². The first-order valence-electron chi connectivity index (χ1n) is 5.75. The Morgan fingerprint density at radius 1 is 1.29 bits per heavy atom. The van der Waals surface area contributed by atoms with Crippen LogP contribution in [-0.4, -0.2) is 10.9 Å². The smallest absolute Gasteiger partial charge is 0.250 e. The van der Waals surface area contributed by atoms with Crippen molar-refractivity contribution in [3.05, 3.63) is 29.1 Å². The molecular weight excluding hydrogens is 226 g/mol. The van der Waals surface area contributed by atoms with Crippen LogP contribution in [0.4, 0.5) is 8.78 Å². The third kappa shape index (κ3) is 2.43. The van der Waals surface area contributed by atoms with Gasteiger partial charge in [-0.15, -0.1) is 0 Å². The highest BCUT2D eigenvalue weighted by Crippen LogP contribution is 2.33. The zero-order valence-electron chi connectivity index (χ0n) is 9.38. The molecule has 0 spiro atoms. The minimum absolute atomic E-state index is 0.0100. The average Bonchev–Trinajstić information content (AvgIpc) is 2.33. The van der Waals surface area contributed by atoms with E-state index in [-0.39, 0.29) is 11.5 Å². The van der Waals surface area contributed by atoms with Crippen molar-refractivity contribution < 1.29 is 13.6 Å². The Morgan fingerprint density at radius 3 is 2.53 bits per heavy atom. The van der Waals surface area contributed by atoms with Crippen LogP contribution in [0, 0.1) is 11.8 Å². The summed E-state index contributed by atoms with van der Waals surface area (Å²) in [6.07, 6.45) is 4.86. The van der Waals surface area contributed by atoms with Crippen LogP contribution in [0.3, 0.4) is 0 Å². The standard InChI is InChI=1S/C12H14F2N2O/c13-9-6-8(12(15)17)10(16-11(9)14)7-4-2-1-3-5-7/h6-7H,1-5H2,(H2,15,17). The van der Waals surface area contributed by atoms with Crippen molar-refractivity contribution >= 4 is 5.91 Å². The van der Waals surface area contributed by atoms with Crippen molar-refractivity contribution in [3.8, 4) is 0 Å². The van der Waals surface area contributed by atoms with E-state index in [0.717, 1.165) is 38.2 Å². The first-order chi connectivity index (χ1) is 8.09. The van der Waals surface area contributed by atoms with Gasteiger partial charge in [0.15, 0.2) is 5.82 Å². The fraction of sp³-hybridized carbons (Fsp3) is 0.500. The van der Waals surface area contributed by atoms with E-state index in [9.17, 15) is 13.6 Å². The Bertz CT molecular complexity index is 442. The topological polar surface area (TPSA) is 56.0 Å². The summed E-state index contributed by atoms with van der Waals surface area (Å²) in [5.74, 6) is -3.02. The Labute approximate surface area is 98.0 Å². The lowest BCUT2D eigenvalue weighted by atomic mass is 9.85. The quantitative estimate of drug-likeness (QED) is 0.807. The predicted molar refractivity (Wildman–Crippen MR) is 58.5 cm³/mol. The second-order valence-corrected chi connectivity index (χ2v) is 4.39. The fourth-order valence-corrected chi connectivity index (χ4v) is 2.36. The van der Waals surface area contributed by atoms with E-state index >= 15 is 0 Å². The molecule has 5 heteroatoms. The van der Waals surface area contributed by atoms with Crippen molar-refractivity contribution in [2.75, 3.05) is 0 Å². The second kappa shape index (κ2) is 4.77. The van der Waals surface area contributed by atoms with Crippen molar-refractivity contribution in [3.63, 3.8) is 0 Å². The summed E-state index contributed by atoms with van der Waals surface area (Å²) in [6.45, 7) is 0. The molecule has 1 aromatic heterocycles. The molecule has 17 heavy (non-hydrogen) atoms. The second-order valence-electron chi connectivity index (χ2n) is 4.39. The van der Waals surface area contributed by atoms with Crippen LogP contribution < -0.4 is 5.73 Å². The lowest BCUT2D eigenvalue weighted by molar-refractivity contribution is 0.0997. The highest BCUT2D eigenvalue weighted by atomic mass is 19.2. The first kappa shape index (κ1) is 12.0. The van der Waals surface area contributed by atoms with Gasteiger partial charge in [-0.1, -0.05) is 19.3 Å². The summed E-state index contributed by atoms with van der Waals surface area (Å²) in [5, 5.41) is 0. The Balaban J connectivity index is 2.42. The van der Waals surface area contributed by atoms with Gasteiger partial charge in [0.05, 0.1) is 11.3 Å². The molecule has 1 aromatic rings. The number of halogens is 2. The van der Waals surface area contributed by atoms with E-state index in [1.165, 1.54) is 0 Å². The molecule has 1 saturated carbocycles. The molecule has 3 nitrogen and oxygen atoms in total. The number of rotatable bonds is 2. The molecule has 1 heterocycles.